The van der Waals surface area contributed by atoms with E-state index >= 15 is 0 Å². The molecule has 1 aromatic rings. The van der Waals surface area contributed by atoms with Crippen LogP contribution in [0.4, 0.5) is 5.69 Å². The lowest BCUT2D eigenvalue weighted by molar-refractivity contribution is 0.0956. The SMILES string of the molecule is CCNC(=O)c1ccc(CN(CC)CC)c(N)c1. The highest BCUT2D eigenvalue weighted by Crippen LogP contribution is 2.16. The third-order valence-electron chi connectivity index (χ3n) is 3.03. The van der Waals surface area contributed by atoms with Gasteiger partial charge in [0.25, 0.3) is 5.91 Å². The topological polar surface area (TPSA) is 58.4 Å². The van der Waals surface area contributed by atoms with Crippen LogP contribution in [-0.4, -0.2) is 30.4 Å². The van der Waals surface area contributed by atoms with E-state index < -0.39 is 0 Å². The van der Waals surface area contributed by atoms with Gasteiger partial charge in [-0.2, -0.15) is 0 Å². The normalized spacial score (nSPS) is 10.7. The monoisotopic (exact) mass is 249 g/mol. The maximum atomic E-state index is 11.7. The fourth-order valence-corrected chi connectivity index (χ4v) is 1.83. The van der Waals surface area contributed by atoms with Gasteiger partial charge in [-0.15, -0.1) is 0 Å². The molecule has 0 heterocycles. The molecule has 0 spiro atoms. The number of carbonyl (C=O) groups excluding carboxylic acids is 1. The number of nitrogens with zero attached hydrogens (tertiary/aromatic N) is 1. The fraction of sp³-hybridized carbons (Fsp3) is 0.500. The van der Waals surface area contributed by atoms with Crippen LogP contribution in [0.3, 0.4) is 0 Å². The van der Waals surface area contributed by atoms with Gasteiger partial charge < -0.3 is 11.1 Å². The lowest BCUT2D eigenvalue weighted by Gasteiger charge is -2.19. The molecule has 0 aliphatic heterocycles. The Bertz CT molecular complexity index is 400. The molecule has 4 nitrogen and oxygen atoms in total. The van der Waals surface area contributed by atoms with Gasteiger partial charge in [-0.25, -0.2) is 0 Å². The van der Waals surface area contributed by atoms with E-state index in [0.29, 0.717) is 17.8 Å². The average Bonchev–Trinajstić information content (AvgIpc) is 2.37. The lowest BCUT2D eigenvalue weighted by atomic mass is 10.1. The van der Waals surface area contributed by atoms with E-state index in [1.807, 2.05) is 19.1 Å². The average molecular weight is 249 g/mol. The Morgan fingerprint density at radius 1 is 1.28 bits per heavy atom. The lowest BCUT2D eigenvalue weighted by Crippen LogP contribution is -2.24. The van der Waals surface area contributed by atoms with Crippen LogP contribution in [0.15, 0.2) is 18.2 Å². The molecule has 0 saturated carbocycles. The first-order valence-corrected chi connectivity index (χ1v) is 6.51. The zero-order chi connectivity index (χ0) is 13.5. The molecular weight excluding hydrogens is 226 g/mol. The molecule has 0 saturated heterocycles. The van der Waals surface area contributed by atoms with Gasteiger partial charge in [-0.3, -0.25) is 9.69 Å². The van der Waals surface area contributed by atoms with Gasteiger partial charge in [0.2, 0.25) is 0 Å². The number of anilines is 1. The number of benzene rings is 1. The second kappa shape index (κ2) is 7.01. The highest BCUT2D eigenvalue weighted by atomic mass is 16.1. The summed E-state index contributed by atoms with van der Waals surface area (Å²) in [4.78, 5) is 14.0. The Morgan fingerprint density at radius 3 is 2.44 bits per heavy atom. The molecule has 0 aromatic heterocycles. The summed E-state index contributed by atoms with van der Waals surface area (Å²) in [5.41, 5.74) is 8.39. The smallest absolute Gasteiger partial charge is 0.251 e. The van der Waals surface area contributed by atoms with Crippen molar-refractivity contribution in [2.75, 3.05) is 25.4 Å². The summed E-state index contributed by atoms with van der Waals surface area (Å²) in [7, 11) is 0. The summed E-state index contributed by atoms with van der Waals surface area (Å²) in [5, 5.41) is 2.77. The van der Waals surface area contributed by atoms with Crippen molar-refractivity contribution in [3.63, 3.8) is 0 Å². The zero-order valence-corrected chi connectivity index (χ0v) is 11.5. The van der Waals surface area contributed by atoms with Gasteiger partial charge in [-0.1, -0.05) is 19.9 Å². The number of rotatable bonds is 6. The van der Waals surface area contributed by atoms with E-state index in [-0.39, 0.29) is 5.91 Å². The molecule has 0 fully saturated rings. The third-order valence-corrected chi connectivity index (χ3v) is 3.03. The fourth-order valence-electron chi connectivity index (χ4n) is 1.83. The van der Waals surface area contributed by atoms with Crippen molar-refractivity contribution in [1.29, 1.82) is 0 Å². The number of hydrogen-bond acceptors (Lipinski definition) is 3. The molecule has 0 bridgehead atoms. The van der Waals surface area contributed by atoms with Crippen molar-refractivity contribution >= 4 is 11.6 Å². The van der Waals surface area contributed by atoms with Crippen LogP contribution < -0.4 is 11.1 Å². The summed E-state index contributed by atoms with van der Waals surface area (Å²) in [6.45, 7) is 9.60. The standard InChI is InChI=1S/C14H23N3O/c1-4-16-14(18)11-7-8-12(13(15)9-11)10-17(5-2)6-3/h7-9H,4-6,10,15H2,1-3H3,(H,16,18). The number of nitrogen functional groups attached to an aromatic ring is 1. The second-order valence-corrected chi connectivity index (χ2v) is 4.23. The molecule has 4 heteroatoms. The van der Waals surface area contributed by atoms with Gasteiger partial charge in [0.15, 0.2) is 0 Å². The van der Waals surface area contributed by atoms with Gasteiger partial charge >= 0.3 is 0 Å². The van der Waals surface area contributed by atoms with E-state index in [9.17, 15) is 4.79 Å². The Labute approximate surface area is 109 Å². The molecule has 3 N–H and O–H groups in total. The summed E-state index contributed by atoms with van der Waals surface area (Å²) in [6.07, 6.45) is 0. The van der Waals surface area contributed by atoms with Crippen molar-refractivity contribution in [1.82, 2.24) is 10.2 Å². The van der Waals surface area contributed by atoms with E-state index in [4.69, 9.17) is 5.73 Å². The predicted octanol–water partition coefficient (Wildman–Crippen LogP) is 1.86. The van der Waals surface area contributed by atoms with Crippen LogP contribution >= 0.6 is 0 Å². The molecule has 0 unspecified atom stereocenters. The molecule has 0 atom stereocenters. The van der Waals surface area contributed by atoms with Crippen molar-refractivity contribution in [3.8, 4) is 0 Å². The minimum Gasteiger partial charge on any atom is -0.398 e. The maximum absolute atomic E-state index is 11.7. The highest BCUT2D eigenvalue weighted by molar-refractivity contribution is 5.95. The van der Waals surface area contributed by atoms with Crippen molar-refractivity contribution in [2.24, 2.45) is 0 Å². The first-order chi connectivity index (χ1) is 8.62. The third kappa shape index (κ3) is 3.74. The number of nitrogens with two attached hydrogens (primary N) is 1. The first-order valence-electron chi connectivity index (χ1n) is 6.51. The highest BCUT2D eigenvalue weighted by Gasteiger charge is 2.09. The van der Waals surface area contributed by atoms with Crippen LogP contribution in [-0.2, 0) is 6.54 Å². The number of nitrogens with one attached hydrogen (secondary N) is 1. The summed E-state index contributed by atoms with van der Waals surface area (Å²) in [6, 6.07) is 5.53. The van der Waals surface area contributed by atoms with Gasteiger partial charge in [0.05, 0.1) is 0 Å². The van der Waals surface area contributed by atoms with E-state index in [2.05, 4.69) is 24.1 Å². The molecule has 18 heavy (non-hydrogen) atoms. The molecule has 0 aliphatic carbocycles. The number of hydrogen-bond donors (Lipinski definition) is 2. The second-order valence-electron chi connectivity index (χ2n) is 4.23. The van der Waals surface area contributed by atoms with Crippen molar-refractivity contribution in [2.45, 2.75) is 27.3 Å². The minimum absolute atomic E-state index is 0.0708. The van der Waals surface area contributed by atoms with Crippen molar-refractivity contribution < 1.29 is 4.79 Å². The minimum atomic E-state index is -0.0708. The molecule has 1 amide bonds. The van der Waals surface area contributed by atoms with Gasteiger partial charge in [0.1, 0.15) is 0 Å². The quantitative estimate of drug-likeness (QED) is 0.757. The first kappa shape index (κ1) is 14.5. The molecule has 0 radical (unpaired) electrons. The largest absolute Gasteiger partial charge is 0.398 e. The van der Waals surface area contributed by atoms with Crippen LogP contribution in [0.25, 0.3) is 0 Å². The maximum Gasteiger partial charge on any atom is 0.251 e. The molecular formula is C14H23N3O. The van der Waals surface area contributed by atoms with Crippen LogP contribution in [0.5, 0.6) is 0 Å². The zero-order valence-electron chi connectivity index (χ0n) is 11.5. The Balaban J connectivity index is 2.82. The number of carbonyl (C=O) groups is 1. The summed E-state index contributed by atoms with van der Waals surface area (Å²) >= 11 is 0. The summed E-state index contributed by atoms with van der Waals surface area (Å²) in [5.74, 6) is -0.0708. The predicted molar refractivity (Wildman–Crippen MR) is 75.5 cm³/mol. The summed E-state index contributed by atoms with van der Waals surface area (Å²) < 4.78 is 0. The van der Waals surface area contributed by atoms with Gasteiger partial charge in [-0.05, 0) is 37.7 Å². The van der Waals surface area contributed by atoms with E-state index in [1.165, 1.54) is 0 Å². The van der Waals surface area contributed by atoms with E-state index in [1.54, 1.807) is 6.07 Å². The Morgan fingerprint density at radius 2 is 1.94 bits per heavy atom. The molecule has 100 valence electrons. The van der Waals surface area contributed by atoms with Crippen molar-refractivity contribution in [3.05, 3.63) is 29.3 Å². The van der Waals surface area contributed by atoms with Crippen LogP contribution in [0, 0.1) is 0 Å². The van der Waals surface area contributed by atoms with E-state index in [0.717, 1.165) is 25.2 Å². The molecule has 0 aliphatic rings. The van der Waals surface area contributed by atoms with Crippen LogP contribution in [0.1, 0.15) is 36.7 Å². The molecule has 1 rings (SSSR count). The molecule has 1 aromatic carbocycles. The van der Waals surface area contributed by atoms with Crippen LogP contribution in [0.2, 0.25) is 0 Å². The van der Waals surface area contributed by atoms with Gasteiger partial charge in [0, 0.05) is 24.3 Å². The Kier molecular flexibility index (Phi) is 5.65. The number of amides is 1. The Hall–Kier alpha value is -1.55.